The lowest BCUT2D eigenvalue weighted by atomic mass is 10.2. The van der Waals surface area contributed by atoms with Crippen LogP contribution in [0.4, 0.5) is 0 Å². The van der Waals surface area contributed by atoms with Crippen LogP contribution in [-0.4, -0.2) is 30.5 Å². The Morgan fingerprint density at radius 2 is 1.92 bits per heavy atom. The molecule has 0 saturated carbocycles. The minimum absolute atomic E-state index is 0.177. The summed E-state index contributed by atoms with van der Waals surface area (Å²) >= 11 is 0. The van der Waals surface area contributed by atoms with Gasteiger partial charge in [0.2, 0.25) is 0 Å². The number of allylic oxidation sites excluding steroid dienone is 1. The second-order valence-electron chi connectivity index (χ2n) is 5.80. The van der Waals surface area contributed by atoms with Crippen LogP contribution in [0.3, 0.4) is 0 Å². The quantitative estimate of drug-likeness (QED) is 0.750. The van der Waals surface area contributed by atoms with Crippen LogP contribution >= 0.6 is 0 Å². The number of nitrogens with zero attached hydrogens (tertiary/aromatic N) is 1. The number of benzene rings is 2. The van der Waals surface area contributed by atoms with E-state index in [1.54, 1.807) is 25.3 Å². The summed E-state index contributed by atoms with van der Waals surface area (Å²) in [7, 11) is 3.53. The average Bonchev–Trinajstić information content (AvgIpc) is 2.91. The fourth-order valence-electron chi connectivity index (χ4n) is 2.79. The molecule has 0 spiro atoms. The number of hydrogen-bond donors (Lipinski definition) is 3. The second-order valence-corrected chi connectivity index (χ2v) is 5.80. The molecule has 1 heterocycles. The fraction of sp³-hybridized carbons (Fsp3) is 0.263. The number of aromatic hydroxyl groups is 1. The van der Waals surface area contributed by atoms with Gasteiger partial charge in [0, 0.05) is 19.7 Å². The molecule has 0 bridgehead atoms. The predicted octanol–water partition coefficient (Wildman–Crippen LogP) is 2.58. The molecule has 0 aromatic heterocycles. The van der Waals surface area contributed by atoms with Crippen molar-refractivity contribution >= 4 is 0 Å². The molecule has 1 atom stereocenters. The molecule has 0 fully saturated rings. The van der Waals surface area contributed by atoms with E-state index in [4.69, 9.17) is 9.47 Å². The smallest absolute Gasteiger partial charge is 0.252 e. The standard InChI is InChI=1S/C19H23N3O3/c1-13-18(20-2)21-19(25-17-6-4-5-15(23)11-17)22(13)12-14-7-9-16(24-3)10-8-14/h4-11,19-21,23H,12H2,1-3H3. The van der Waals surface area contributed by atoms with E-state index in [1.165, 1.54) is 0 Å². The third-order valence-electron chi connectivity index (χ3n) is 4.17. The van der Waals surface area contributed by atoms with Gasteiger partial charge in [-0.15, -0.1) is 0 Å². The van der Waals surface area contributed by atoms with Gasteiger partial charge in [0.15, 0.2) is 0 Å². The molecule has 3 rings (SSSR count). The monoisotopic (exact) mass is 341 g/mol. The molecule has 3 N–H and O–H groups in total. The van der Waals surface area contributed by atoms with Crippen LogP contribution in [0.2, 0.25) is 0 Å². The third-order valence-corrected chi connectivity index (χ3v) is 4.17. The normalized spacial score (nSPS) is 16.6. The zero-order chi connectivity index (χ0) is 17.8. The Bertz CT molecular complexity index is 759. The van der Waals surface area contributed by atoms with Gasteiger partial charge >= 0.3 is 0 Å². The number of rotatable bonds is 6. The largest absolute Gasteiger partial charge is 0.508 e. The third kappa shape index (κ3) is 3.74. The van der Waals surface area contributed by atoms with E-state index >= 15 is 0 Å². The molecule has 2 aromatic rings. The summed E-state index contributed by atoms with van der Waals surface area (Å²) in [6.45, 7) is 2.71. The molecule has 6 heteroatoms. The minimum atomic E-state index is -0.369. The Labute approximate surface area is 147 Å². The minimum Gasteiger partial charge on any atom is -0.508 e. The molecule has 1 aliphatic rings. The van der Waals surface area contributed by atoms with Gasteiger partial charge in [0.05, 0.1) is 12.8 Å². The average molecular weight is 341 g/mol. The van der Waals surface area contributed by atoms with Crippen LogP contribution in [0, 0.1) is 0 Å². The molecule has 6 nitrogen and oxygen atoms in total. The van der Waals surface area contributed by atoms with Crippen molar-refractivity contribution in [1.82, 2.24) is 15.5 Å². The van der Waals surface area contributed by atoms with E-state index in [1.807, 2.05) is 44.3 Å². The van der Waals surface area contributed by atoms with Gasteiger partial charge in [-0.3, -0.25) is 0 Å². The SMILES string of the molecule is CNC1=C(C)N(Cc2ccc(OC)cc2)C(Oc2cccc(O)c2)N1. The first-order chi connectivity index (χ1) is 12.1. The van der Waals surface area contributed by atoms with E-state index in [0.717, 1.165) is 22.8 Å². The van der Waals surface area contributed by atoms with Crippen LogP contribution in [-0.2, 0) is 6.54 Å². The van der Waals surface area contributed by atoms with Crippen LogP contribution in [0.5, 0.6) is 17.2 Å². The molecule has 25 heavy (non-hydrogen) atoms. The lowest BCUT2D eigenvalue weighted by Gasteiger charge is -2.28. The Morgan fingerprint density at radius 1 is 1.16 bits per heavy atom. The first-order valence-corrected chi connectivity index (χ1v) is 8.11. The van der Waals surface area contributed by atoms with Gasteiger partial charge in [0.25, 0.3) is 6.35 Å². The summed E-state index contributed by atoms with van der Waals surface area (Å²) < 4.78 is 11.2. The highest BCUT2D eigenvalue weighted by Crippen LogP contribution is 2.26. The van der Waals surface area contributed by atoms with Crippen molar-refractivity contribution in [3.8, 4) is 17.2 Å². The lowest BCUT2D eigenvalue weighted by molar-refractivity contribution is 0.0448. The summed E-state index contributed by atoms with van der Waals surface area (Å²) in [4.78, 5) is 2.12. The highest BCUT2D eigenvalue weighted by molar-refractivity contribution is 5.32. The molecule has 1 unspecified atom stereocenters. The second kappa shape index (κ2) is 7.25. The molecule has 2 aromatic carbocycles. The number of phenolic OH excluding ortho intramolecular Hbond substituents is 1. The van der Waals surface area contributed by atoms with Crippen LogP contribution in [0.25, 0.3) is 0 Å². The van der Waals surface area contributed by atoms with E-state index in [0.29, 0.717) is 12.3 Å². The molecule has 0 aliphatic carbocycles. The highest BCUT2D eigenvalue weighted by atomic mass is 16.5. The van der Waals surface area contributed by atoms with Crippen molar-refractivity contribution in [3.63, 3.8) is 0 Å². The first-order valence-electron chi connectivity index (χ1n) is 8.11. The summed E-state index contributed by atoms with van der Waals surface area (Å²) in [5, 5.41) is 16.1. The van der Waals surface area contributed by atoms with E-state index in [-0.39, 0.29) is 12.1 Å². The first kappa shape index (κ1) is 16.8. The summed E-state index contributed by atoms with van der Waals surface area (Å²) in [5.41, 5.74) is 2.20. The summed E-state index contributed by atoms with van der Waals surface area (Å²) in [6.07, 6.45) is -0.369. The predicted molar refractivity (Wildman–Crippen MR) is 96.0 cm³/mol. The van der Waals surface area contributed by atoms with Crippen molar-refractivity contribution in [3.05, 3.63) is 65.6 Å². The Morgan fingerprint density at radius 3 is 2.56 bits per heavy atom. The lowest BCUT2D eigenvalue weighted by Crippen LogP contribution is -2.42. The van der Waals surface area contributed by atoms with Gasteiger partial charge in [-0.2, -0.15) is 0 Å². The van der Waals surface area contributed by atoms with Crippen molar-refractivity contribution in [2.24, 2.45) is 0 Å². The number of ether oxygens (including phenoxy) is 2. The molecule has 0 radical (unpaired) electrons. The highest BCUT2D eigenvalue weighted by Gasteiger charge is 2.30. The zero-order valence-electron chi connectivity index (χ0n) is 14.6. The molecule has 0 amide bonds. The molecule has 1 aliphatic heterocycles. The van der Waals surface area contributed by atoms with E-state index in [9.17, 15) is 5.11 Å². The summed E-state index contributed by atoms with van der Waals surface area (Å²) in [5.74, 6) is 2.52. The maximum absolute atomic E-state index is 9.64. The van der Waals surface area contributed by atoms with Crippen molar-refractivity contribution in [2.45, 2.75) is 19.8 Å². The Hall–Kier alpha value is -3.02. The number of nitrogens with one attached hydrogen (secondary N) is 2. The van der Waals surface area contributed by atoms with Gasteiger partial charge < -0.3 is 30.1 Å². The van der Waals surface area contributed by atoms with Crippen molar-refractivity contribution in [1.29, 1.82) is 0 Å². The van der Waals surface area contributed by atoms with Crippen molar-refractivity contribution in [2.75, 3.05) is 14.2 Å². The Kier molecular flexibility index (Phi) is 4.88. The molecule has 0 saturated heterocycles. The van der Waals surface area contributed by atoms with Crippen molar-refractivity contribution < 1.29 is 14.6 Å². The zero-order valence-corrected chi connectivity index (χ0v) is 14.6. The Balaban J connectivity index is 1.79. The van der Waals surface area contributed by atoms with Crippen LogP contribution in [0.15, 0.2) is 60.0 Å². The maximum Gasteiger partial charge on any atom is 0.252 e. The van der Waals surface area contributed by atoms with Gasteiger partial charge in [-0.05, 0) is 36.8 Å². The van der Waals surface area contributed by atoms with Gasteiger partial charge in [-0.25, -0.2) is 0 Å². The number of methoxy groups -OCH3 is 1. The van der Waals surface area contributed by atoms with E-state index in [2.05, 4.69) is 15.5 Å². The molecular formula is C19H23N3O3. The van der Waals surface area contributed by atoms with Crippen LogP contribution < -0.4 is 20.1 Å². The van der Waals surface area contributed by atoms with E-state index < -0.39 is 0 Å². The van der Waals surface area contributed by atoms with Gasteiger partial charge in [-0.1, -0.05) is 18.2 Å². The van der Waals surface area contributed by atoms with Crippen LogP contribution in [0.1, 0.15) is 12.5 Å². The summed E-state index contributed by atoms with van der Waals surface area (Å²) in [6, 6.07) is 14.8. The molecule has 132 valence electrons. The molecular weight excluding hydrogens is 318 g/mol. The van der Waals surface area contributed by atoms with Gasteiger partial charge in [0.1, 0.15) is 23.1 Å². The number of phenols is 1. The topological polar surface area (TPSA) is 66.0 Å². The maximum atomic E-state index is 9.64. The number of hydrogen-bond acceptors (Lipinski definition) is 6. The fourth-order valence-corrected chi connectivity index (χ4v) is 2.79.